The number of fused-ring (bicyclic) bond motifs is 3. The van der Waals surface area contributed by atoms with Crippen molar-refractivity contribution in [3.05, 3.63) is 114 Å². The summed E-state index contributed by atoms with van der Waals surface area (Å²) in [6.45, 7) is 5.12. The largest absolute Gasteiger partial charge is 0.508 e. The van der Waals surface area contributed by atoms with E-state index in [-0.39, 0.29) is 40.0 Å². The molecule has 0 spiro atoms. The summed E-state index contributed by atoms with van der Waals surface area (Å²) in [6.07, 6.45) is -1.06. The number of esters is 1. The van der Waals surface area contributed by atoms with Crippen molar-refractivity contribution in [2.24, 2.45) is 0 Å². The number of alkyl carbamates (subject to hydrolysis) is 1. The van der Waals surface area contributed by atoms with Gasteiger partial charge in [0.25, 0.3) is 0 Å². The third-order valence-electron chi connectivity index (χ3n) is 7.14. The van der Waals surface area contributed by atoms with Gasteiger partial charge in [-0.1, -0.05) is 72.8 Å². The maximum absolute atomic E-state index is 13.5. The molecule has 1 atom stereocenters. The SMILES string of the molecule is CC(C)(C)OC(=O)[C@H](Cc1ccc(O)cc1S(=O)(=O)c1ccccc1)NC(=O)OCC1c2ccccc2-c2ccccc21. The number of rotatable bonds is 8. The van der Waals surface area contributed by atoms with Crippen molar-refractivity contribution in [2.45, 2.75) is 54.5 Å². The summed E-state index contributed by atoms with van der Waals surface area (Å²) >= 11 is 0. The normalized spacial score (nSPS) is 13.5. The summed E-state index contributed by atoms with van der Waals surface area (Å²) in [7, 11) is -4.06. The molecule has 2 N–H and O–H groups in total. The van der Waals surface area contributed by atoms with Crippen molar-refractivity contribution < 1.29 is 32.6 Å². The molecule has 1 amide bonds. The molecule has 0 saturated carbocycles. The monoisotopic (exact) mass is 599 g/mol. The van der Waals surface area contributed by atoms with Gasteiger partial charge in [0, 0.05) is 12.3 Å². The number of carbonyl (C=O) groups is 2. The molecule has 0 bridgehead atoms. The topological polar surface area (TPSA) is 119 Å². The Kier molecular flexibility index (Phi) is 8.28. The van der Waals surface area contributed by atoms with E-state index in [0.717, 1.165) is 28.3 Å². The van der Waals surface area contributed by atoms with Crippen LogP contribution in [0.3, 0.4) is 0 Å². The van der Waals surface area contributed by atoms with E-state index in [0.29, 0.717) is 0 Å². The van der Waals surface area contributed by atoms with Gasteiger partial charge in [-0.05, 0) is 72.9 Å². The molecule has 9 heteroatoms. The zero-order chi connectivity index (χ0) is 30.8. The van der Waals surface area contributed by atoms with Gasteiger partial charge >= 0.3 is 12.1 Å². The predicted molar refractivity (Wildman–Crippen MR) is 162 cm³/mol. The molecule has 0 aromatic heterocycles. The first kappa shape index (κ1) is 29.8. The zero-order valence-corrected chi connectivity index (χ0v) is 24.9. The van der Waals surface area contributed by atoms with Crippen LogP contribution >= 0.6 is 0 Å². The molecule has 222 valence electrons. The van der Waals surface area contributed by atoms with Crippen LogP contribution in [0.2, 0.25) is 0 Å². The van der Waals surface area contributed by atoms with Crippen LogP contribution < -0.4 is 5.32 Å². The van der Waals surface area contributed by atoms with Crippen molar-refractivity contribution in [1.29, 1.82) is 0 Å². The second-order valence-electron chi connectivity index (χ2n) is 11.4. The molecule has 1 aliphatic carbocycles. The van der Waals surface area contributed by atoms with Gasteiger partial charge in [0.15, 0.2) is 0 Å². The van der Waals surface area contributed by atoms with Crippen LogP contribution in [-0.2, 0) is 30.5 Å². The van der Waals surface area contributed by atoms with Crippen LogP contribution in [0.5, 0.6) is 5.75 Å². The highest BCUT2D eigenvalue weighted by Crippen LogP contribution is 2.44. The molecular weight excluding hydrogens is 566 g/mol. The molecule has 0 radical (unpaired) electrons. The second kappa shape index (κ2) is 11.9. The summed E-state index contributed by atoms with van der Waals surface area (Å²) in [5.41, 5.74) is 3.60. The first-order chi connectivity index (χ1) is 20.4. The maximum atomic E-state index is 13.5. The Bertz CT molecular complexity index is 1720. The minimum Gasteiger partial charge on any atom is -0.508 e. The zero-order valence-electron chi connectivity index (χ0n) is 24.1. The number of carbonyl (C=O) groups excluding carboxylic acids is 2. The molecule has 4 aromatic carbocycles. The van der Waals surface area contributed by atoms with Crippen molar-refractivity contribution >= 4 is 21.9 Å². The van der Waals surface area contributed by atoms with Gasteiger partial charge in [-0.25, -0.2) is 18.0 Å². The van der Waals surface area contributed by atoms with E-state index >= 15 is 0 Å². The minimum absolute atomic E-state index is 0.0279. The molecule has 0 saturated heterocycles. The summed E-state index contributed by atoms with van der Waals surface area (Å²) in [5, 5.41) is 12.8. The van der Waals surface area contributed by atoms with E-state index in [2.05, 4.69) is 5.32 Å². The van der Waals surface area contributed by atoms with Crippen molar-refractivity contribution in [2.75, 3.05) is 6.61 Å². The fraction of sp³-hybridized carbons (Fsp3) is 0.235. The summed E-state index contributed by atoms with van der Waals surface area (Å²) in [4.78, 5) is 26.3. The average molecular weight is 600 g/mol. The molecule has 0 aliphatic heterocycles. The van der Waals surface area contributed by atoms with Gasteiger partial charge in [0.05, 0.1) is 9.79 Å². The smallest absolute Gasteiger partial charge is 0.407 e. The van der Waals surface area contributed by atoms with Crippen LogP contribution in [0.25, 0.3) is 11.1 Å². The number of nitrogens with one attached hydrogen (secondary N) is 1. The van der Waals surface area contributed by atoms with Gasteiger partial charge in [0.2, 0.25) is 9.84 Å². The summed E-state index contributed by atoms with van der Waals surface area (Å²) < 4.78 is 38.3. The van der Waals surface area contributed by atoms with E-state index in [1.54, 1.807) is 39.0 Å². The Morgan fingerprint density at radius 3 is 2.05 bits per heavy atom. The first-order valence-corrected chi connectivity index (χ1v) is 15.4. The van der Waals surface area contributed by atoms with Gasteiger partial charge < -0.3 is 19.9 Å². The standard InChI is InChI=1S/C34H33NO7S/c1-34(2,3)42-32(37)30(19-22-17-18-23(36)20-31(22)43(39,40)24-11-5-4-6-12-24)35-33(38)41-21-29-27-15-9-7-13-25(27)26-14-8-10-16-28(26)29/h4-18,20,29-30,36H,19,21H2,1-3H3,(H,35,38)/t30-/m0/s1. The third-order valence-corrected chi connectivity index (χ3v) is 9.00. The lowest BCUT2D eigenvalue weighted by atomic mass is 9.98. The number of sulfone groups is 1. The van der Waals surface area contributed by atoms with Crippen LogP contribution in [-0.4, -0.2) is 43.8 Å². The fourth-order valence-electron chi connectivity index (χ4n) is 5.26. The third kappa shape index (κ3) is 6.57. The Labute approximate surface area is 251 Å². The maximum Gasteiger partial charge on any atom is 0.407 e. The van der Waals surface area contributed by atoms with Gasteiger partial charge in [-0.15, -0.1) is 0 Å². The molecule has 4 aromatic rings. The number of phenols is 1. The van der Waals surface area contributed by atoms with Crippen LogP contribution in [0.4, 0.5) is 4.79 Å². The average Bonchev–Trinajstić information content (AvgIpc) is 3.29. The van der Waals surface area contributed by atoms with Gasteiger partial charge in [-0.2, -0.15) is 0 Å². The molecule has 8 nitrogen and oxygen atoms in total. The number of amides is 1. The molecule has 0 heterocycles. The highest BCUT2D eigenvalue weighted by atomic mass is 32.2. The van der Waals surface area contributed by atoms with E-state index in [4.69, 9.17) is 9.47 Å². The lowest BCUT2D eigenvalue weighted by molar-refractivity contribution is -0.157. The highest BCUT2D eigenvalue weighted by Gasteiger charge is 2.32. The predicted octanol–water partition coefficient (Wildman–Crippen LogP) is 6.02. The summed E-state index contributed by atoms with van der Waals surface area (Å²) in [6, 6.07) is 26.3. The van der Waals surface area contributed by atoms with Gasteiger partial charge in [0.1, 0.15) is 24.0 Å². The first-order valence-electron chi connectivity index (χ1n) is 13.9. The van der Waals surface area contributed by atoms with Crippen molar-refractivity contribution in [3.8, 4) is 16.9 Å². The number of hydrogen-bond acceptors (Lipinski definition) is 7. The number of benzene rings is 4. The minimum atomic E-state index is -4.06. The lowest BCUT2D eigenvalue weighted by Crippen LogP contribution is -2.46. The van der Waals surface area contributed by atoms with E-state index in [9.17, 15) is 23.1 Å². The van der Waals surface area contributed by atoms with Crippen molar-refractivity contribution in [3.63, 3.8) is 0 Å². The Balaban J connectivity index is 1.39. The number of aromatic hydroxyl groups is 1. The molecule has 5 rings (SSSR count). The lowest BCUT2D eigenvalue weighted by Gasteiger charge is -2.25. The number of hydrogen-bond donors (Lipinski definition) is 2. The molecule has 1 aliphatic rings. The second-order valence-corrected chi connectivity index (χ2v) is 13.3. The molecule has 43 heavy (non-hydrogen) atoms. The fourth-order valence-corrected chi connectivity index (χ4v) is 6.80. The van der Waals surface area contributed by atoms with E-state index in [1.165, 1.54) is 24.3 Å². The Morgan fingerprint density at radius 1 is 0.860 bits per heavy atom. The van der Waals surface area contributed by atoms with E-state index in [1.807, 2.05) is 48.5 Å². The molecular formula is C34H33NO7S. The number of ether oxygens (including phenoxy) is 2. The highest BCUT2D eigenvalue weighted by molar-refractivity contribution is 7.91. The summed E-state index contributed by atoms with van der Waals surface area (Å²) in [5.74, 6) is -1.19. The number of phenolic OH excluding ortho intramolecular Hbond substituents is 1. The van der Waals surface area contributed by atoms with Crippen molar-refractivity contribution in [1.82, 2.24) is 5.32 Å². The molecule has 0 fully saturated rings. The molecule has 0 unspecified atom stereocenters. The van der Waals surface area contributed by atoms with Crippen LogP contribution in [0.1, 0.15) is 43.4 Å². The Morgan fingerprint density at radius 2 is 1.44 bits per heavy atom. The Hall–Kier alpha value is -4.63. The van der Waals surface area contributed by atoms with Crippen LogP contribution in [0.15, 0.2) is 107 Å². The van der Waals surface area contributed by atoms with Crippen LogP contribution in [0, 0.1) is 0 Å². The van der Waals surface area contributed by atoms with Gasteiger partial charge in [-0.3, -0.25) is 0 Å². The van der Waals surface area contributed by atoms with E-state index < -0.39 is 33.5 Å². The quantitative estimate of drug-likeness (QED) is 0.238.